The lowest BCUT2D eigenvalue weighted by Gasteiger charge is -2.28. The van der Waals surface area contributed by atoms with Crippen molar-refractivity contribution in [2.45, 2.75) is 31.2 Å². The summed E-state index contributed by atoms with van der Waals surface area (Å²) in [6.07, 6.45) is 3.55. The largest absolute Gasteiger partial charge is 0.345 e. The molecule has 0 bridgehead atoms. The maximum atomic E-state index is 12.7. The number of aromatic amines is 1. The summed E-state index contributed by atoms with van der Waals surface area (Å²) >= 11 is 0. The Balaban J connectivity index is 0.00000225. The number of fused-ring (bicyclic) bond motifs is 1. The molecule has 9 heteroatoms. The summed E-state index contributed by atoms with van der Waals surface area (Å²) in [5, 5.41) is 14.3. The van der Waals surface area contributed by atoms with Crippen LogP contribution in [0.2, 0.25) is 0 Å². The molecule has 0 radical (unpaired) electrons. The summed E-state index contributed by atoms with van der Waals surface area (Å²) < 4.78 is 0. The van der Waals surface area contributed by atoms with E-state index < -0.39 is 21.9 Å². The van der Waals surface area contributed by atoms with Crippen LogP contribution in [0.1, 0.15) is 36.0 Å². The van der Waals surface area contributed by atoms with Crippen molar-refractivity contribution >= 4 is 34.9 Å². The number of benzene rings is 1. The molecule has 25 heavy (non-hydrogen) atoms. The van der Waals surface area contributed by atoms with Crippen LogP contribution in [-0.4, -0.2) is 27.9 Å². The quantitative estimate of drug-likeness (QED) is 0.561. The highest BCUT2D eigenvalue weighted by Crippen LogP contribution is 2.29. The van der Waals surface area contributed by atoms with Crippen LogP contribution in [0.25, 0.3) is 10.9 Å². The van der Waals surface area contributed by atoms with E-state index in [1.54, 1.807) is 0 Å². The molecule has 1 aliphatic carbocycles. The molecule has 1 amide bonds. The zero-order valence-electron chi connectivity index (χ0n) is 13.4. The number of rotatable bonds is 4. The number of nitro benzene ring substituents is 1. The molecule has 1 aromatic carbocycles. The van der Waals surface area contributed by atoms with Gasteiger partial charge in [-0.2, -0.15) is 0 Å². The topological polar surface area (TPSA) is 131 Å². The number of pyridine rings is 1. The number of nitrogens with two attached hydrogens (primary N) is 1. The first-order valence-electron chi connectivity index (χ1n) is 7.78. The van der Waals surface area contributed by atoms with Crippen molar-refractivity contribution in [3.63, 3.8) is 0 Å². The van der Waals surface area contributed by atoms with Crippen LogP contribution in [0.4, 0.5) is 5.69 Å². The number of amides is 1. The molecular weight excluding hydrogens is 348 g/mol. The minimum absolute atomic E-state index is 0. The molecule has 3 rings (SSSR count). The molecule has 134 valence electrons. The van der Waals surface area contributed by atoms with Crippen LogP contribution in [0.15, 0.2) is 29.1 Å². The second-order valence-corrected chi connectivity index (χ2v) is 6.18. The molecule has 0 saturated heterocycles. The lowest BCUT2D eigenvalue weighted by Crippen LogP contribution is -2.51. The van der Waals surface area contributed by atoms with E-state index in [1.807, 2.05) is 0 Å². The lowest BCUT2D eigenvalue weighted by atomic mass is 9.96. The zero-order valence-corrected chi connectivity index (χ0v) is 14.2. The number of hydrogen-bond acceptors (Lipinski definition) is 5. The number of halogens is 1. The number of hydrogen-bond donors (Lipinski definition) is 3. The van der Waals surface area contributed by atoms with Gasteiger partial charge in [0.1, 0.15) is 0 Å². The van der Waals surface area contributed by atoms with Gasteiger partial charge in [-0.15, -0.1) is 12.4 Å². The Morgan fingerprint density at radius 3 is 2.60 bits per heavy atom. The van der Waals surface area contributed by atoms with Gasteiger partial charge in [-0.3, -0.25) is 19.7 Å². The Morgan fingerprint density at radius 1 is 1.32 bits per heavy atom. The molecule has 1 saturated carbocycles. The smallest absolute Gasteiger partial charge is 0.270 e. The SMILES string of the molecule is Cl.NCC1(NC(=O)c2cc(=O)[nH]c3ccc([N+](=O)[O-])cc23)CCCC1. The normalized spacial score (nSPS) is 15.6. The summed E-state index contributed by atoms with van der Waals surface area (Å²) in [5.41, 5.74) is 5.29. The van der Waals surface area contributed by atoms with Crippen LogP contribution in [-0.2, 0) is 0 Å². The number of H-pyrrole nitrogens is 1. The molecule has 4 N–H and O–H groups in total. The average Bonchev–Trinajstić information content (AvgIpc) is 3.02. The number of aromatic nitrogens is 1. The number of carbonyl (C=O) groups excluding carboxylic acids is 1. The van der Waals surface area contributed by atoms with Crippen molar-refractivity contribution in [1.82, 2.24) is 10.3 Å². The third kappa shape index (κ3) is 3.64. The van der Waals surface area contributed by atoms with Crippen molar-refractivity contribution < 1.29 is 9.72 Å². The van der Waals surface area contributed by atoms with Gasteiger partial charge in [0.15, 0.2) is 0 Å². The third-order valence-corrected chi connectivity index (χ3v) is 4.61. The molecule has 8 nitrogen and oxygen atoms in total. The highest BCUT2D eigenvalue weighted by atomic mass is 35.5. The molecule has 0 aliphatic heterocycles. The minimum Gasteiger partial charge on any atom is -0.345 e. The molecule has 1 aromatic heterocycles. The maximum absolute atomic E-state index is 12.7. The predicted molar refractivity (Wildman–Crippen MR) is 96.2 cm³/mol. The Hall–Kier alpha value is -2.45. The van der Waals surface area contributed by atoms with E-state index in [2.05, 4.69) is 10.3 Å². The molecule has 2 aromatic rings. The molecule has 1 heterocycles. The fourth-order valence-electron chi connectivity index (χ4n) is 3.28. The summed E-state index contributed by atoms with van der Waals surface area (Å²) in [6.45, 7) is 0.319. The molecule has 0 atom stereocenters. The number of non-ortho nitro benzene ring substituents is 1. The number of carbonyl (C=O) groups is 1. The number of nitrogens with one attached hydrogen (secondary N) is 2. The summed E-state index contributed by atoms with van der Waals surface area (Å²) in [4.78, 5) is 37.6. The Labute approximate surface area is 149 Å². The summed E-state index contributed by atoms with van der Waals surface area (Å²) in [6, 6.07) is 5.18. The average molecular weight is 367 g/mol. The van der Waals surface area contributed by atoms with E-state index in [4.69, 9.17) is 5.73 Å². The minimum atomic E-state index is -0.537. The fraction of sp³-hybridized carbons (Fsp3) is 0.375. The van der Waals surface area contributed by atoms with Crippen molar-refractivity contribution in [1.29, 1.82) is 0 Å². The van der Waals surface area contributed by atoms with E-state index in [1.165, 1.54) is 24.3 Å². The van der Waals surface area contributed by atoms with E-state index in [9.17, 15) is 19.7 Å². The van der Waals surface area contributed by atoms with Gasteiger partial charge in [0, 0.05) is 35.6 Å². The van der Waals surface area contributed by atoms with Gasteiger partial charge in [-0.1, -0.05) is 12.8 Å². The van der Waals surface area contributed by atoms with E-state index in [0.717, 1.165) is 25.7 Å². The highest BCUT2D eigenvalue weighted by Gasteiger charge is 2.34. The Morgan fingerprint density at radius 2 is 2.00 bits per heavy atom. The fourth-order valence-corrected chi connectivity index (χ4v) is 3.28. The van der Waals surface area contributed by atoms with E-state index in [-0.39, 0.29) is 23.7 Å². The molecular formula is C16H19ClN4O4. The van der Waals surface area contributed by atoms with Crippen LogP contribution >= 0.6 is 12.4 Å². The van der Waals surface area contributed by atoms with E-state index in [0.29, 0.717) is 17.4 Å². The van der Waals surface area contributed by atoms with Crippen LogP contribution < -0.4 is 16.6 Å². The Kier molecular flexibility index (Phi) is 5.44. The van der Waals surface area contributed by atoms with Crippen molar-refractivity contribution in [2.24, 2.45) is 5.73 Å². The second kappa shape index (κ2) is 7.20. The van der Waals surface area contributed by atoms with Gasteiger partial charge in [-0.25, -0.2) is 0 Å². The molecule has 1 fully saturated rings. The van der Waals surface area contributed by atoms with Crippen molar-refractivity contribution in [3.05, 3.63) is 50.3 Å². The predicted octanol–water partition coefficient (Wildman–Crippen LogP) is 1.86. The lowest BCUT2D eigenvalue weighted by molar-refractivity contribution is -0.384. The van der Waals surface area contributed by atoms with Crippen molar-refractivity contribution in [3.8, 4) is 0 Å². The first kappa shape index (κ1) is 18.9. The van der Waals surface area contributed by atoms with Crippen molar-refractivity contribution in [2.75, 3.05) is 6.54 Å². The van der Waals surface area contributed by atoms with E-state index >= 15 is 0 Å². The molecule has 1 aliphatic rings. The van der Waals surface area contributed by atoms with Gasteiger partial charge in [0.2, 0.25) is 5.56 Å². The van der Waals surface area contributed by atoms with Crippen LogP contribution in [0.3, 0.4) is 0 Å². The summed E-state index contributed by atoms with van der Waals surface area (Å²) in [7, 11) is 0. The van der Waals surface area contributed by atoms with Gasteiger partial charge in [0.25, 0.3) is 11.6 Å². The zero-order chi connectivity index (χ0) is 17.3. The number of nitro groups is 1. The van der Waals surface area contributed by atoms with Gasteiger partial charge < -0.3 is 16.0 Å². The first-order chi connectivity index (χ1) is 11.4. The van der Waals surface area contributed by atoms with Crippen LogP contribution in [0.5, 0.6) is 0 Å². The van der Waals surface area contributed by atoms with Gasteiger partial charge in [-0.05, 0) is 18.9 Å². The van der Waals surface area contributed by atoms with Gasteiger partial charge in [0.05, 0.1) is 16.0 Å². The van der Waals surface area contributed by atoms with Crippen LogP contribution in [0, 0.1) is 10.1 Å². The second-order valence-electron chi connectivity index (χ2n) is 6.18. The maximum Gasteiger partial charge on any atom is 0.270 e. The molecule has 0 spiro atoms. The molecule has 0 unspecified atom stereocenters. The highest BCUT2D eigenvalue weighted by molar-refractivity contribution is 6.06. The standard InChI is InChI=1S/C16H18N4O4.ClH/c17-9-16(5-1-2-6-16)19-15(22)12-8-14(21)18-13-4-3-10(20(23)24)7-11(12)13;/h3-4,7-8H,1-2,5-6,9,17H2,(H,18,21)(H,19,22);1H. The summed E-state index contributed by atoms with van der Waals surface area (Å²) in [5.74, 6) is -0.432. The van der Waals surface area contributed by atoms with Gasteiger partial charge >= 0.3 is 0 Å². The monoisotopic (exact) mass is 366 g/mol. The number of nitrogens with zero attached hydrogens (tertiary/aromatic N) is 1. The Bertz CT molecular complexity index is 874. The third-order valence-electron chi connectivity index (χ3n) is 4.61. The first-order valence-corrected chi connectivity index (χ1v) is 7.78.